The van der Waals surface area contributed by atoms with E-state index in [-0.39, 0.29) is 11.5 Å². The van der Waals surface area contributed by atoms with Gasteiger partial charge in [0.2, 0.25) is 5.89 Å². The van der Waals surface area contributed by atoms with Gasteiger partial charge in [0.15, 0.2) is 5.58 Å². The summed E-state index contributed by atoms with van der Waals surface area (Å²) in [4.78, 5) is 15.7. The van der Waals surface area contributed by atoms with Gasteiger partial charge in [-0.05, 0) is 30.3 Å². The minimum atomic E-state index is -0.462. The third kappa shape index (κ3) is 2.03. The number of carbonyl (C=O) groups excluding carboxylic acids is 1. The number of oxazole rings is 1. The fourth-order valence-electron chi connectivity index (χ4n) is 1.92. The van der Waals surface area contributed by atoms with E-state index in [0.29, 0.717) is 16.7 Å². The number of carbonyl (C=O) groups is 1. The molecule has 3 aromatic rings. The van der Waals surface area contributed by atoms with E-state index >= 15 is 0 Å². The second-order valence-electron chi connectivity index (χ2n) is 4.17. The van der Waals surface area contributed by atoms with Gasteiger partial charge in [0, 0.05) is 0 Å². The smallest absolute Gasteiger partial charge is 0.337 e. The van der Waals surface area contributed by atoms with Crippen LogP contribution in [0.5, 0.6) is 0 Å². The highest BCUT2D eigenvalue weighted by molar-refractivity contribution is 5.93. The fraction of sp³-hybridized carbons (Fsp3) is 0.0667. The third-order valence-electron chi connectivity index (χ3n) is 2.91. The number of hydrogen-bond donors (Lipinski definition) is 0. The van der Waals surface area contributed by atoms with E-state index < -0.39 is 11.8 Å². The summed E-state index contributed by atoms with van der Waals surface area (Å²) in [7, 11) is 1.30. The number of hydrogen-bond acceptors (Lipinski definition) is 4. The van der Waals surface area contributed by atoms with Crippen LogP contribution < -0.4 is 0 Å². The van der Waals surface area contributed by atoms with Crippen LogP contribution in [0.4, 0.5) is 4.39 Å². The summed E-state index contributed by atoms with van der Waals surface area (Å²) in [6, 6.07) is 11.0. The van der Waals surface area contributed by atoms with Crippen LogP contribution in [0.25, 0.3) is 22.6 Å². The summed E-state index contributed by atoms with van der Waals surface area (Å²) >= 11 is 0. The molecule has 0 aliphatic heterocycles. The van der Waals surface area contributed by atoms with Crippen LogP contribution in [0.15, 0.2) is 46.9 Å². The lowest BCUT2D eigenvalue weighted by atomic mass is 10.2. The predicted octanol–water partition coefficient (Wildman–Crippen LogP) is 3.42. The van der Waals surface area contributed by atoms with Gasteiger partial charge in [0.25, 0.3) is 0 Å². The molecule has 1 aromatic heterocycles. The van der Waals surface area contributed by atoms with Crippen LogP contribution in [0.2, 0.25) is 0 Å². The van der Waals surface area contributed by atoms with E-state index in [4.69, 9.17) is 4.42 Å². The molecule has 0 radical (unpaired) electrons. The number of esters is 1. The van der Waals surface area contributed by atoms with Crippen molar-refractivity contribution in [2.75, 3.05) is 7.11 Å². The van der Waals surface area contributed by atoms with Crippen molar-refractivity contribution in [3.05, 3.63) is 53.8 Å². The van der Waals surface area contributed by atoms with Crippen LogP contribution in [0.1, 0.15) is 10.4 Å². The summed E-state index contributed by atoms with van der Waals surface area (Å²) < 4.78 is 23.8. The van der Waals surface area contributed by atoms with Crippen molar-refractivity contribution < 1.29 is 18.3 Å². The first-order valence-electron chi connectivity index (χ1n) is 5.93. The van der Waals surface area contributed by atoms with Gasteiger partial charge in [-0.3, -0.25) is 0 Å². The summed E-state index contributed by atoms with van der Waals surface area (Å²) in [5.74, 6) is -0.692. The predicted molar refractivity (Wildman–Crippen MR) is 70.7 cm³/mol. The molecule has 0 saturated carbocycles. The van der Waals surface area contributed by atoms with Crippen molar-refractivity contribution in [3.8, 4) is 11.5 Å². The Morgan fingerprint density at radius 1 is 1.25 bits per heavy atom. The van der Waals surface area contributed by atoms with E-state index in [1.165, 1.54) is 19.2 Å². The molecule has 0 N–H and O–H groups in total. The number of rotatable bonds is 2. The van der Waals surface area contributed by atoms with Gasteiger partial charge in [-0.25, -0.2) is 14.2 Å². The van der Waals surface area contributed by atoms with Crippen molar-refractivity contribution in [2.24, 2.45) is 0 Å². The minimum Gasteiger partial charge on any atom is -0.465 e. The lowest BCUT2D eigenvalue weighted by molar-refractivity contribution is 0.0601. The maximum Gasteiger partial charge on any atom is 0.337 e. The highest BCUT2D eigenvalue weighted by Gasteiger charge is 2.14. The fourth-order valence-corrected chi connectivity index (χ4v) is 1.92. The number of fused-ring (bicyclic) bond motifs is 1. The number of halogens is 1. The van der Waals surface area contributed by atoms with Crippen molar-refractivity contribution in [1.29, 1.82) is 0 Å². The van der Waals surface area contributed by atoms with E-state index in [1.807, 2.05) is 0 Å². The molecule has 0 aliphatic carbocycles. The van der Waals surface area contributed by atoms with Gasteiger partial charge in [-0.2, -0.15) is 0 Å². The SMILES string of the molecule is COC(=O)c1ccc2nc(-c3ccccc3F)oc2c1. The maximum absolute atomic E-state index is 13.7. The summed E-state index contributed by atoms with van der Waals surface area (Å²) in [6.07, 6.45) is 0. The molecular weight excluding hydrogens is 261 g/mol. The number of nitrogens with zero attached hydrogens (tertiary/aromatic N) is 1. The Morgan fingerprint density at radius 3 is 2.80 bits per heavy atom. The molecule has 3 rings (SSSR count). The Balaban J connectivity index is 2.12. The molecule has 20 heavy (non-hydrogen) atoms. The molecule has 0 bridgehead atoms. The summed E-state index contributed by atoms with van der Waals surface area (Å²) in [6.45, 7) is 0. The van der Waals surface area contributed by atoms with Crippen molar-refractivity contribution >= 4 is 17.1 Å². The van der Waals surface area contributed by atoms with E-state index in [1.54, 1.807) is 30.3 Å². The Kier molecular flexibility index (Phi) is 2.95. The summed E-state index contributed by atoms with van der Waals surface area (Å²) in [5, 5.41) is 0. The topological polar surface area (TPSA) is 52.3 Å². The number of aromatic nitrogens is 1. The largest absolute Gasteiger partial charge is 0.465 e. The average molecular weight is 271 g/mol. The highest BCUT2D eigenvalue weighted by atomic mass is 19.1. The zero-order valence-corrected chi connectivity index (χ0v) is 10.6. The van der Waals surface area contributed by atoms with Crippen LogP contribution in [-0.2, 0) is 4.74 Å². The lowest BCUT2D eigenvalue weighted by Crippen LogP contribution is -2.00. The third-order valence-corrected chi connectivity index (χ3v) is 2.91. The summed E-state index contributed by atoms with van der Waals surface area (Å²) in [5.41, 5.74) is 1.60. The molecule has 0 atom stereocenters. The standard InChI is InChI=1S/C15H10FNO3/c1-19-15(18)9-6-7-12-13(8-9)20-14(17-12)10-4-2-3-5-11(10)16/h2-8H,1H3. The second-order valence-corrected chi connectivity index (χ2v) is 4.17. The molecule has 0 fully saturated rings. The van der Waals surface area contributed by atoms with Gasteiger partial charge in [0.1, 0.15) is 11.3 Å². The molecule has 100 valence electrons. The Labute approximate surface area is 113 Å². The molecule has 5 heteroatoms. The van der Waals surface area contributed by atoms with Gasteiger partial charge in [-0.15, -0.1) is 0 Å². The van der Waals surface area contributed by atoms with Crippen molar-refractivity contribution in [1.82, 2.24) is 4.98 Å². The first-order chi connectivity index (χ1) is 9.69. The Bertz CT molecular complexity index is 795. The number of benzene rings is 2. The molecular formula is C15H10FNO3. The van der Waals surface area contributed by atoms with Gasteiger partial charge in [-0.1, -0.05) is 12.1 Å². The number of ether oxygens (including phenoxy) is 1. The van der Waals surface area contributed by atoms with Crippen LogP contribution in [0.3, 0.4) is 0 Å². The van der Waals surface area contributed by atoms with Gasteiger partial charge < -0.3 is 9.15 Å². The minimum absolute atomic E-state index is 0.181. The van der Waals surface area contributed by atoms with E-state index in [0.717, 1.165) is 0 Å². The zero-order chi connectivity index (χ0) is 14.1. The second kappa shape index (κ2) is 4.77. The van der Waals surface area contributed by atoms with E-state index in [9.17, 15) is 9.18 Å². The molecule has 0 saturated heterocycles. The first-order valence-corrected chi connectivity index (χ1v) is 5.93. The normalized spacial score (nSPS) is 10.7. The molecule has 0 unspecified atom stereocenters. The Morgan fingerprint density at radius 2 is 2.05 bits per heavy atom. The Hall–Kier alpha value is -2.69. The van der Waals surface area contributed by atoms with Crippen LogP contribution >= 0.6 is 0 Å². The molecule has 0 amide bonds. The van der Waals surface area contributed by atoms with Crippen molar-refractivity contribution in [3.63, 3.8) is 0 Å². The molecule has 4 nitrogen and oxygen atoms in total. The van der Waals surface area contributed by atoms with Crippen LogP contribution in [-0.4, -0.2) is 18.1 Å². The molecule has 0 spiro atoms. The average Bonchev–Trinajstić information content (AvgIpc) is 2.89. The molecule has 1 heterocycles. The zero-order valence-electron chi connectivity index (χ0n) is 10.6. The van der Waals surface area contributed by atoms with E-state index in [2.05, 4.69) is 9.72 Å². The highest BCUT2D eigenvalue weighted by Crippen LogP contribution is 2.26. The van der Waals surface area contributed by atoms with Gasteiger partial charge in [0.05, 0.1) is 18.2 Å². The lowest BCUT2D eigenvalue weighted by Gasteiger charge is -1.97. The van der Waals surface area contributed by atoms with Gasteiger partial charge >= 0.3 is 5.97 Å². The first kappa shape index (κ1) is 12.3. The molecule has 0 aliphatic rings. The molecule has 2 aromatic carbocycles. The number of methoxy groups -OCH3 is 1. The van der Waals surface area contributed by atoms with Crippen molar-refractivity contribution in [2.45, 2.75) is 0 Å². The quantitative estimate of drug-likeness (QED) is 0.670. The van der Waals surface area contributed by atoms with Crippen LogP contribution in [0, 0.1) is 5.82 Å². The maximum atomic E-state index is 13.7. The monoisotopic (exact) mass is 271 g/mol.